The van der Waals surface area contributed by atoms with Gasteiger partial charge in [-0.15, -0.1) is 0 Å². The number of fused-ring (bicyclic) bond motifs is 1. The van der Waals surface area contributed by atoms with E-state index in [1.807, 2.05) is 11.6 Å². The molecule has 3 rings (SSSR count). The number of hydrogen-bond acceptors (Lipinski definition) is 5. The van der Waals surface area contributed by atoms with Gasteiger partial charge in [-0.3, -0.25) is 4.99 Å². The monoisotopic (exact) mass is 404 g/mol. The van der Waals surface area contributed by atoms with Crippen LogP contribution in [0.5, 0.6) is 5.75 Å². The van der Waals surface area contributed by atoms with Crippen molar-refractivity contribution in [2.24, 2.45) is 4.99 Å². The standard InChI is InChI=1S/C20H29FN6O2/c1-3-22-20(23-11-4-12-29-17-8-5-15(21)6-9-17)24-16-7-10-19-25-18(14-28-2)26-27(19)13-16/h5-6,8-9,16H,3-4,7,10-14H2,1-2H3,(H2,22,23,24). The molecule has 0 bridgehead atoms. The summed E-state index contributed by atoms with van der Waals surface area (Å²) in [5, 5.41) is 11.3. The minimum absolute atomic E-state index is 0.243. The molecule has 2 aromatic rings. The normalized spacial score (nSPS) is 16.4. The van der Waals surface area contributed by atoms with E-state index >= 15 is 0 Å². The number of aryl methyl sites for hydroxylation is 1. The van der Waals surface area contributed by atoms with Crippen LogP contribution in [0.1, 0.15) is 31.4 Å². The van der Waals surface area contributed by atoms with Gasteiger partial charge in [0.05, 0.1) is 13.2 Å². The Hall–Kier alpha value is -2.68. The maximum Gasteiger partial charge on any atom is 0.191 e. The molecule has 1 aliphatic rings. The van der Waals surface area contributed by atoms with Crippen LogP contribution in [0.15, 0.2) is 29.3 Å². The van der Waals surface area contributed by atoms with Gasteiger partial charge in [-0.2, -0.15) is 5.10 Å². The summed E-state index contributed by atoms with van der Waals surface area (Å²) in [6, 6.07) is 6.29. The third kappa shape index (κ3) is 6.42. The maximum absolute atomic E-state index is 12.9. The summed E-state index contributed by atoms with van der Waals surface area (Å²) in [6.45, 7) is 5.18. The van der Waals surface area contributed by atoms with Crippen LogP contribution in [0.4, 0.5) is 4.39 Å². The fraction of sp³-hybridized carbons (Fsp3) is 0.550. The average Bonchev–Trinajstić information content (AvgIpc) is 3.11. The Kier molecular flexibility index (Phi) is 7.80. The van der Waals surface area contributed by atoms with Crippen molar-refractivity contribution in [1.29, 1.82) is 0 Å². The number of benzene rings is 1. The lowest BCUT2D eigenvalue weighted by molar-refractivity contribution is 0.177. The van der Waals surface area contributed by atoms with Gasteiger partial charge in [0.15, 0.2) is 11.8 Å². The van der Waals surface area contributed by atoms with Crippen LogP contribution < -0.4 is 15.4 Å². The van der Waals surface area contributed by atoms with Crippen molar-refractivity contribution in [2.75, 3.05) is 26.8 Å². The molecule has 1 aromatic carbocycles. The third-order valence-electron chi connectivity index (χ3n) is 4.52. The Bertz CT molecular complexity index is 793. The van der Waals surface area contributed by atoms with Gasteiger partial charge in [-0.05, 0) is 37.6 Å². The molecule has 0 saturated heterocycles. The molecule has 158 valence electrons. The minimum Gasteiger partial charge on any atom is -0.494 e. The van der Waals surface area contributed by atoms with Gasteiger partial charge < -0.3 is 20.1 Å². The molecule has 2 heterocycles. The van der Waals surface area contributed by atoms with Crippen molar-refractivity contribution in [2.45, 2.75) is 45.4 Å². The summed E-state index contributed by atoms with van der Waals surface area (Å²) in [4.78, 5) is 9.14. The number of guanidine groups is 1. The summed E-state index contributed by atoms with van der Waals surface area (Å²) in [6.07, 6.45) is 2.62. The summed E-state index contributed by atoms with van der Waals surface area (Å²) in [5.41, 5.74) is 0. The summed E-state index contributed by atoms with van der Waals surface area (Å²) < 4.78 is 25.6. The van der Waals surface area contributed by atoms with Gasteiger partial charge in [0.2, 0.25) is 0 Å². The van der Waals surface area contributed by atoms with E-state index in [1.165, 1.54) is 12.1 Å². The van der Waals surface area contributed by atoms with Crippen molar-refractivity contribution in [3.05, 3.63) is 41.7 Å². The first kappa shape index (κ1) is 21.0. The number of aromatic nitrogens is 3. The van der Waals surface area contributed by atoms with E-state index in [-0.39, 0.29) is 11.9 Å². The molecule has 8 nitrogen and oxygen atoms in total. The van der Waals surface area contributed by atoms with Gasteiger partial charge >= 0.3 is 0 Å². The Morgan fingerprint density at radius 3 is 2.93 bits per heavy atom. The smallest absolute Gasteiger partial charge is 0.191 e. The zero-order valence-electron chi connectivity index (χ0n) is 17.0. The first-order chi connectivity index (χ1) is 14.2. The number of ether oxygens (including phenoxy) is 2. The van der Waals surface area contributed by atoms with Gasteiger partial charge in [-0.1, -0.05) is 0 Å². The lowest BCUT2D eigenvalue weighted by Gasteiger charge is -2.25. The Balaban J connectivity index is 1.45. The number of methoxy groups -OCH3 is 1. The first-order valence-electron chi connectivity index (χ1n) is 10.0. The number of hydrogen-bond donors (Lipinski definition) is 2. The van der Waals surface area contributed by atoms with Crippen LogP contribution in [0.25, 0.3) is 0 Å². The quantitative estimate of drug-likeness (QED) is 0.377. The highest BCUT2D eigenvalue weighted by atomic mass is 19.1. The number of aliphatic imine (C=N–C) groups is 1. The number of rotatable bonds is 9. The van der Waals surface area contributed by atoms with Crippen LogP contribution in [-0.2, 0) is 24.3 Å². The van der Waals surface area contributed by atoms with Gasteiger partial charge in [-0.25, -0.2) is 14.1 Å². The highest BCUT2D eigenvalue weighted by Crippen LogP contribution is 2.14. The maximum atomic E-state index is 12.9. The molecular weight excluding hydrogens is 375 g/mol. The third-order valence-corrected chi connectivity index (χ3v) is 4.52. The second-order valence-corrected chi connectivity index (χ2v) is 6.86. The predicted molar refractivity (Wildman–Crippen MR) is 108 cm³/mol. The van der Waals surface area contributed by atoms with E-state index in [9.17, 15) is 4.39 Å². The fourth-order valence-electron chi connectivity index (χ4n) is 3.16. The Morgan fingerprint density at radius 2 is 2.17 bits per heavy atom. The highest BCUT2D eigenvalue weighted by Gasteiger charge is 2.22. The first-order valence-corrected chi connectivity index (χ1v) is 10.0. The topological polar surface area (TPSA) is 85.6 Å². The number of nitrogens with one attached hydrogen (secondary N) is 2. The molecule has 29 heavy (non-hydrogen) atoms. The fourth-order valence-corrected chi connectivity index (χ4v) is 3.16. The van der Waals surface area contributed by atoms with E-state index in [1.54, 1.807) is 19.2 Å². The largest absolute Gasteiger partial charge is 0.494 e. The van der Waals surface area contributed by atoms with Crippen molar-refractivity contribution in [1.82, 2.24) is 25.4 Å². The average molecular weight is 404 g/mol. The molecule has 0 amide bonds. The molecule has 0 aliphatic carbocycles. The SMILES string of the molecule is CCNC(=NCCCOc1ccc(F)cc1)NC1CCc2nc(COC)nn2C1. The van der Waals surface area contributed by atoms with Crippen molar-refractivity contribution in [3.63, 3.8) is 0 Å². The lowest BCUT2D eigenvalue weighted by atomic mass is 10.1. The van der Waals surface area contributed by atoms with E-state index < -0.39 is 0 Å². The number of nitrogens with zero attached hydrogens (tertiary/aromatic N) is 4. The molecule has 2 N–H and O–H groups in total. The molecule has 9 heteroatoms. The second kappa shape index (κ2) is 10.8. The van der Waals surface area contributed by atoms with Crippen LogP contribution in [0, 0.1) is 5.82 Å². The molecule has 1 atom stereocenters. The molecule has 0 radical (unpaired) electrons. The summed E-state index contributed by atoms with van der Waals surface area (Å²) in [7, 11) is 1.65. The molecule has 0 saturated carbocycles. The second-order valence-electron chi connectivity index (χ2n) is 6.86. The molecular formula is C20H29FN6O2. The summed E-state index contributed by atoms with van der Waals surface area (Å²) in [5.74, 6) is 2.93. The Morgan fingerprint density at radius 1 is 1.34 bits per heavy atom. The van der Waals surface area contributed by atoms with Crippen molar-refractivity contribution >= 4 is 5.96 Å². The highest BCUT2D eigenvalue weighted by molar-refractivity contribution is 5.80. The van der Waals surface area contributed by atoms with E-state index in [2.05, 4.69) is 25.7 Å². The van der Waals surface area contributed by atoms with Crippen molar-refractivity contribution in [3.8, 4) is 5.75 Å². The van der Waals surface area contributed by atoms with Crippen LogP contribution in [0.2, 0.25) is 0 Å². The van der Waals surface area contributed by atoms with Gasteiger partial charge in [0, 0.05) is 39.1 Å². The molecule has 0 spiro atoms. The van der Waals surface area contributed by atoms with Crippen LogP contribution in [-0.4, -0.2) is 53.6 Å². The zero-order chi connectivity index (χ0) is 20.5. The predicted octanol–water partition coefficient (Wildman–Crippen LogP) is 1.90. The van der Waals surface area contributed by atoms with E-state index in [4.69, 9.17) is 9.47 Å². The number of halogens is 1. The van der Waals surface area contributed by atoms with Gasteiger partial charge in [0.25, 0.3) is 0 Å². The zero-order valence-corrected chi connectivity index (χ0v) is 17.0. The molecule has 1 aromatic heterocycles. The lowest BCUT2D eigenvalue weighted by Crippen LogP contribution is -2.47. The Labute approximate surface area is 170 Å². The van der Waals surface area contributed by atoms with Gasteiger partial charge in [0.1, 0.15) is 24.0 Å². The van der Waals surface area contributed by atoms with Crippen LogP contribution >= 0.6 is 0 Å². The molecule has 1 unspecified atom stereocenters. The van der Waals surface area contributed by atoms with E-state index in [0.717, 1.165) is 50.0 Å². The minimum atomic E-state index is -0.265. The summed E-state index contributed by atoms with van der Waals surface area (Å²) >= 11 is 0. The van der Waals surface area contributed by atoms with Crippen LogP contribution in [0.3, 0.4) is 0 Å². The van der Waals surface area contributed by atoms with Crippen molar-refractivity contribution < 1.29 is 13.9 Å². The van der Waals surface area contributed by atoms with E-state index in [0.29, 0.717) is 25.5 Å². The molecule has 1 aliphatic heterocycles. The molecule has 0 fully saturated rings.